The van der Waals surface area contributed by atoms with Crippen LogP contribution in [-0.2, 0) is 16.1 Å². The molecule has 100 valence electrons. The minimum absolute atomic E-state index is 0.0815. The Balaban J connectivity index is 1.89. The Morgan fingerprint density at radius 3 is 3.00 bits per heavy atom. The summed E-state index contributed by atoms with van der Waals surface area (Å²) in [6.45, 7) is 1.81. The first-order chi connectivity index (χ1) is 9.31. The second kappa shape index (κ2) is 6.81. The van der Waals surface area contributed by atoms with Crippen LogP contribution in [0.15, 0.2) is 30.3 Å². The van der Waals surface area contributed by atoms with Crippen LogP contribution in [0.2, 0.25) is 0 Å². The molecule has 4 heteroatoms. The largest absolute Gasteiger partial charge is 0.445 e. The van der Waals surface area contributed by atoms with Gasteiger partial charge < -0.3 is 9.47 Å². The number of carbonyl (C=O) groups is 1. The summed E-state index contributed by atoms with van der Waals surface area (Å²) in [5, 5.41) is 0. The van der Waals surface area contributed by atoms with E-state index >= 15 is 0 Å². The summed E-state index contributed by atoms with van der Waals surface area (Å²) >= 11 is 0. The first-order valence-electron chi connectivity index (χ1n) is 6.30. The highest BCUT2D eigenvalue weighted by Gasteiger charge is 2.27. The van der Waals surface area contributed by atoms with Crippen molar-refractivity contribution in [3.05, 3.63) is 35.9 Å². The van der Waals surface area contributed by atoms with Crippen molar-refractivity contribution in [2.45, 2.75) is 19.1 Å². The molecule has 1 atom stereocenters. The average Bonchev–Trinajstić information content (AvgIpc) is 2.47. The summed E-state index contributed by atoms with van der Waals surface area (Å²) in [4.78, 5) is 13.7. The van der Waals surface area contributed by atoms with E-state index in [0.29, 0.717) is 26.2 Å². The number of nitrogens with zero attached hydrogens (tertiary/aromatic N) is 1. The van der Waals surface area contributed by atoms with Crippen LogP contribution in [0.3, 0.4) is 0 Å². The molecule has 1 aliphatic rings. The van der Waals surface area contributed by atoms with Gasteiger partial charge in [-0.2, -0.15) is 0 Å². The van der Waals surface area contributed by atoms with Gasteiger partial charge in [0.05, 0.1) is 19.3 Å². The number of ether oxygens (including phenoxy) is 2. The molecule has 0 saturated carbocycles. The lowest BCUT2D eigenvalue weighted by Crippen LogP contribution is -2.48. The van der Waals surface area contributed by atoms with Crippen molar-refractivity contribution in [1.29, 1.82) is 0 Å². The van der Waals surface area contributed by atoms with Gasteiger partial charge in [-0.1, -0.05) is 30.3 Å². The molecule has 0 bridgehead atoms. The van der Waals surface area contributed by atoms with E-state index in [0.717, 1.165) is 5.56 Å². The van der Waals surface area contributed by atoms with Crippen molar-refractivity contribution in [2.24, 2.45) is 0 Å². The molecule has 1 heterocycles. The Labute approximate surface area is 113 Å². The second-order valence-corrected chi connectivity index (χ2v) is 4.37. The van der Waals surface area contributed by atoms with Gasteiger partial charge in [0.15, 0.2) is 0 Å². The first-order valence-corrected chi connectivity index (χ1v) is 6.30. The Kier molecular flexibility index (Phi) is 4.82. The average molecular weight is 259 g/mol. The van der Waals surface area contributed by atoms with Gasteiger partial charge >= 0.3 is 6.09 Å². The molecule has 1 aromatic rings. The Bertz CT molecular complexity index is 452. The van der Waals surface area contributed by atoms with E-state index < -0.39 is 0 Å². The number of amides is 1. The highest BCUT2D eigenvalue weighted by molar-refractivity contribution is 5.68. The predicted octanol–water partition coefficient (Wildman–Crippen LogP) is 2.05. The van der Waals surface area contributed by atoms with Gasteiger partial charge in [-0.15, -0.1) is 12.3 Å². The van der Waals surface area contributed by atoms with Crippen LogP contribution < -0.4 is 0 Å². The Hall–Kier alpha value is -1.99. The molecular formula is C15H17NO3. The lowest BCUT2D eigenvalue weighted by atomic mass is 10.2. The quantitative estimate of drug-likeness (QED) is 0.780. The molecule has 1 fully saturated rings. The normalized spacial score (nSPS) is 18.7. The maximum absolute atomic E-state index is 12.0. The molecule has 0 N–H and O–H groups in total. The maximum Gasteiger partial charge on any atom is 0.410 e. The number of rotatable bonds is 3. The molecule has 0 aromatic heterocycles. The van der Waals surface area contributed by atoms with Crippen LogP contribution in [-0.4, -0.2) is 36.8 Å². The first kappa shape index (κ1) is 13.4. The minimum atomic E-state index is -0.326. The molecule has 1 saturated heterocycles. The molecule has 1 aliphatic heterocycles. The van der Waals surface area contributed by atoms with Crippen LogP contribution in [0, 0.1) is 12.3 Å². The maximum atomic E-state index is 12.0. The molecule has 1 aromatic carbocycles. The van der Waals surface area contributed by atoms with Gasteiger partial charge in [0.25, 0.3) is 0 Å². The summed E-state index contributed by atoms with van der Waals surface area (Å²) in [6, 6.07) is 9.52. The summed E-state index contributed by atoms with van der Waals surface area (Å²) in [5.74, 6) is 2.57. The van der Waals surface area contributed by atoms with E-state index in [1.165, 1.54) is 0 Å². The molecule has 2 rings (SSSR count). The second-order valence-electron chi connectivity index (χ2n) is 4.37. The molecular weight excluding hydrogens is 242 g/mol. The minimum Gasteiger partial charge on any atom is -0.445 e. The zero-order valence-electron chi connectivity index (χ0n) is 10.7. The van der Waals surface area contributed by atoms with Gasteiger partial charge in [0, 0.05) is 13.0 Å². The molecule has 1 amide bonds. The number of morpholine rings is 1. The van der Waals surface area contributed by atoms with E-state index in [1.807, 2.05) is 30.3 Å². The zero-order chi connectivity index (χ0) is 13.5. The lowest BCUT2D eigenvalue weighted by molar-refractivity contribution is -0.00895. The van der Waals surface area contributed by atoms with E-state index in [9.17, 15) is 4.79 Å². The Morgan fingerprint density at radius 1 is 1.47 bits per heavy atom. The third-order valence-electron chi connectivity index (χ3n) is 3.02. The van der Waals surface area contributed by atoms with Crippen LogP contribution in [0.4, 0.5) is 4.79 Å². The van der Waals surface area contributed by atoms with E-state index in [4.69, 9.17) is 15.9 Å². The predicted molar refractivity (Wildman–Crippen MR) is 71.4 cm³/mol. The van der Waals surface area contributed by atoms with Crippen LogP contribution in [0.5, 0.6) is 0 Å². The van der Waals surface area contributed by atoms with Crippen molar-refractivity contribution >= 4 is 6.09 Å². The summed E-state index contributed by atoms with van der Waals surface area (Å²) in [6.07, 6.45) is 5.46. The van der Waals surface area contributed by atoms with Gasteiger partial charge in [0.2, 0.25) is 0 Å². The van der Waals surface area contributed by atoms with Crippen molar-refractivity contribution in [1.82, 2.24) is 4.90 Å². The van der Waals surface area contributed by atoms with Gasteiger partial charge in [-0.3, -0.25) is 4.90 Å². The number of hydrogen-bond acceptors (Lipinski definition) is 3. The van der Waals surface area contributed by atoms with Gasteiger partial charge in [0.1, 0.15) is 6.61 Å². The molecule has 0 aliphatic carbocycles. The van der Waals surface area contributed by atoms with E-state index in [2.05, 4.69) is 5.92 Å². The molecule has 0 spiro atoms. The van der Waals surface area contributed by atoms with Crippen molar-refractivity contribution in [3.8, 4) is 12.3 Å². The summed E-state index contributed by atoms with van der Waals surface area (Å²) in [5.41, 5.74) is 0.970. The third kappa shape index (κ3) is 3.73. The van der Waals surface area contributed by atoms with E-state index in [-0.39, 0.29) is 18.7 Å². The number of benzene rings is 1. The molecule has 19 heavy (non-hydrogen) atoms. The van der Waals surface area contributed by atoms with E-state index in [1.54, 1.807) is 4.90 Å². The summed E-state index contributed by atoms with van der Waals surface area (Å²) in [7, 11) is 0. The van der Waals surface area contributed by atoms with Crippen molar-refractivity contribution < 1.29 is 14.3 Å². The monoisotopic (exact) mass is 259 g/mol. The lowest BCUT2D eigenvalue weighted by Gasteiger charge is -2.33. The standard InChI is InChI=1S/C15H17NO3/c1-2-6-14-12-18-10-9-16(14)15(17)19-11-13-7-4-3-5-8-13/h1,3-5,7-8,14H,6,9-12H2/t14-/m0/s1. The highest BCUT2D eigenvalue weighted by Crippen LogP contribution is 2.12. The van der Waals surface area contributed by atoms with Gasteiger partial charge in [-0.25, -0.2) is 4.79 Å². The van der Waals surface area contributed by atoms with Crippen LogP contribution >= 0.6 is 0 Å². The third-order valence-corrected chi connectivity index (χ3v) is 3.02. The van der Waals surface area contributed by atoms with Crippen molar-refractivity contribution in [3.63, 3.8) is 0 Å². The highest BCUT2D eigenvalue weighted by atomic mass is 16.6. The van der Waals surface area contributed by atoms with Crippen LogP contribution in [0.1, 0.15) is 12.0 Å². The zero-order valence-corrected chi connectivity index (χ0v) is 10.7. The number of hydrogen-bond donors (Lipinski definition) is 0. The molecule has 0 radical (unpaired) electrons. The SMILES string of the molecule is C#CC[C@H]1COCCN1C(=O)OCc1ccccc1. The number of carbonyl (C=O) groups excluding carboxylic acids is 1. The molecule has 4 nitrogen and oxygen atoms in total. The fourth-order valence-corrected chi connectivity index (χ4v) is 2.00. The fourth-order valence-electron chi connectivity index (χ4n) is 2.00. The Morgan fingerprint density at radius 2 is 2.26 bits per heavy atom. The van der Waals surface area contributed by atoms with Gasteiger partial charge in [-0.05, 0) is 5.56 Å². The number of terminal acetylenes is 1. The topological polar surface area (TPSA) is 38.8 Å². The summed E-state index contributed by atoms with van der Waals surface area (Å²) < 4.78 is 10.6. The smallest absolute Gasteiger partial charge is 0.410 e. The van der Waals surface area contributed by atoms with Crippen LogP contribution in [0.25, 0.3) is 0 Å². The van der Waals surface area contributed by atoms with Crippen molar-refractivity contribution in [2.75, 3.05) is 19.8 Å². The fraction of sp³-hybridized carbons (Fsp3) is 0.400. The molecule has 0 unspecified atom stereocenters.